The molecule has 0 aliphatic carbocycles. The van der Waals surface area contributed by atoms with Crippen LogP contribution in [-0.2, 0) is 11.2 Å². The van der Waals surface area contributed by atoms with Gasteiger partial charge in [-0.3, -0.25) is 4.98 Å². The smallest absolute Gasteiger partial charge is 0.127 e. The lowest BCUT2D eigenvalue weighted by Crippen LogP contribution is -2.07. The van der Waals surface area contributed by atoms with E-state index in [2.05, 4.69) is 4.98 Å². The van der Waals surface area contributed by atoms with Crippen LogP contribution in [0.25, 0.3) is 0 Å². The van der Waals surface area contributed by atoms with Gasteiger partial charge < -0.3 is 4.79 Å². The zero-order valence-corrected chi connectivity index (χ0v) is 9.84. The Morgan fingerprint density at radius 1 is 1.18 bits per heavy atom. The maximum absolute atomic E-state index is 11.2. The zero-order chi connectivity index (χ0) is 12.1. The largest absolute Gasteiger partial charge is 0.303 e. The molecule has 17 heavy (non-hydrogen) atoms. The fourth-order valence-corrected chi connectivity index (χ4v) is 1.98. The van der Waals surface area contributed by atoms with Crippen molar-refractivity contribution < 1.29 is 4.79 Å². The first kappa shape index (κ1) is 11.5. The van der Waals surface area contributed by atoms with Crippen LogP contribution in [-0.4, -0.2) is 11.3 Å². The molecule has 2 heteroatoms. The number of aromatic nitrogens is 1. The number of carbonyl (C=O) groups is 1. The number of hydrogen-bond donors (Lipinski definition) is 0. The number of benzene rings is 1. The van der Waals surface area contributed by atoms with Gasteiger partial charge in [0.05, 0.1) is 0 Å². The molecule has 0 aliphatic rings. The van der Waals surface area contributed by atoms with Gasteiger partial charge in [0.15, 0.2) is 0 Å². The first-order valence-corrected chi connectivity index (χ1v) is 5.72. The molecule has 0 saturated carbocycles. The maximum atomic E-state index is 11.2. The molecule has 86 valence electrons. The molecule has 2 aromatic rings. The van der Waals surface area contributed by atoms with E-state index in [1.807, 2.05) is 49.4 Å². The van der Waals surface area contributed by atoms with E-state index in [4.69, 9.17) is 0 Å². The molecule has 1 aromatic carbocycles. The van der Waals surface area contributed by atoms with Crippen LogP contribution in [0.5, 0.6) is 0 Å². The number of pyridine rings is 1. The molecule has 0 N–H and O–H groups in total. The Labute approximate surface area is 101 Å². The lowest BCUT2D eigenvalue weighted by Gasteiger charge is -2.12. The molecule has 1 atom stereocenters. The Hall–Kier alpha value is -1.96. The summed E-state index contributed by atoms with van der Waals surface area (Å²) in [5, 5.41) is 0. The molecule has 1 aromatic heterocycles. The normalized spacial score (nSPS) is 12.1. The van der Waals surface area contributed by atoms with Crippen molar-refractivity contribution in [1.82, 2.24) is 4.98 Å². The standard InChI is InChI=1S/C15H15NO/c1-12-6-2-3-8-15(12)13(11-17)10-14-7-4-5-9-16-14/h2-9,11,13H,10H2,1H3. The van der Waals surface area contributed by atoms with Gasteiger partial charge in [-0.25, -0.2) is 0 Å². The summed E-state index contributed by atoms with van der Waals surface area (Å²) in [6, 6.07) is 13.8. The van der Waals surface area contributed by atoms with Gasteiger partial charge in [-0.2, -0.15) is 0 Å². The number of carbonyl (C=O) groups excluding carboxylic acids is 1. The van der Waals surface area contributed by atoms with Gasteiger partial charge in [0.2, 0.25) is 0 Å². The number of hydrogen-bond acceptors (Lipinski definition) is 2. The molecule has 0 bridgehead atoms. The number of aryl methyl sites for hydroxylation is 1. The first-order chi connectivity index (χ1) is 8.31. The Morgan fingerprint density at radius 2 is 1.94 bits per heavy atom. The van der Waals surface area contributed by atoms with Gasteiger partial charge in [0.25, 0.3) is 0 Å². The Kier molecular flexibility index (Phi) is 3.66. The summed E-state index contributed by atoms with van der Waals surface area (Å²) in [5.74, 6) is -0.105. The fraction of sp³-hybridized carbons (Fsp3) is 0.200. The molecular formula is C15H15NO. The fourth-order valence-electron chi connectivity index (χ4n) is 1.98. The van der Waals surface area contributed by atoms with E-state index < -0.39 is 0 Å². The van der Waals surface area contributed by atoms with E-state index in [-0.39, 0.29) is 5.92 Å². The third-order valence-corrected chi connectivity index (χ3v) is 2.91. The molecule has 2 nitrogen and oxygen atoms in total. The van der Waals surface area contributed by atoms with Crippen molar-refractivity contribution >= 4 is 6.29 Å². The summed E-state index contributed by atoms with van der Waals surface area (Å²) >= 11 is 0. The molecule has 0 radical (unpaired) electrons. The second-order valence-corrected chi connectivity index (χ2v) is 4.12. The van der Waals surface area contributed by atoms with E-state index in [1.54, 1.807) is 6.20 Å². The molecule has 0 fully saturated rings. The highest BCUT2D eigenvalue weighted by molar-refractivity contribution is 5.63. The van der Waals surface area contributed by atoms with Crippen molar-refractivity contribution in [3.63, 3.8) is 0 Å². The summed E-state index contributed by atoms with van der Waals surface area (Å²) < 4.78 is 0. The van der Waals surface area contributed by atoms with E-state index in [1.165, 1.54) is 0 Å². The maximum Gasteiger partial charge on any atom is 0.127 e. The SMILES string of the molecule is Cc1ccccc1C(C=O)Cc1ccccn1. The van der Waals surface area contributed by atoms with Gasteiger partial charge in [-0.15, -0.1) is 0 Å². The van der Waals surface area contributed by atoms with E-state index in [0.29, 0.717) is 6.42 Å². The lowest BCUT2D eigenvalue weighted by molar-refractivity contribution is -0.109. The van der Waals surface area contributed by atoms with Crippen molar-refractivity contribution in [1.29, 1.82) is 0 Å². The summed E-state index contributed by atoms with van der Waals surface area (Å²) in [4.78, 5) is 15.5. The van der Waals surface area contributed by atoms with E-state index in [9.17, 15) is 4.79 Å². The van der Waals surface area contributed by atoms with Crippen molar-refractivity contribution in [2.45, 2.75) is 19.3 Å². The molecule has 0 aliphatic heterocycles. The summed E-state index contributed by atoms with van der Waals surface area (Å²) in [7, 11) is 0. The predicted octanol–water partition coefficient (Wildman–Crippen LogP) is 2.92. The molecule has 0 saturated heterocycles. The van der Waals surface area contributed by atoms with E-state index >= 15 is 0 Å². The van der Waals surface area contributed by atoms with Gasteiger partial charge in [-0.05, 0) is 30.2 Å². The molecule has 1 unspecified atom stereocenters. The van der Waals surface area contributed by atoms with Gasteiger partial charge >= 0.3 is 0 Å². The summed E-state index contributed by atoms with van der Waals surface area (Å²) in [6.45, 7) is 2.03. The van der Waals surface area contributed by atoms with Crippen molar-refractivity contribution in [3.05, 3.63) is 65.5 Å². The summed E-state index contributed by atoms with van der Waals surface area (Å²) in [5.41, 5.74) is 3.20. The monoisotopic (exact) mass is 225 g/mol. The van der Waals surface area contributed by atoms with Crippen molar-refractivity contribution in [2.75, 3.05) is 0 Å². The first-order valence-electron chi connectivity index (χ1n) is 5.72. The molecule has 0 spiro atoms. The average molecular weight is 225 g/mol. The predicted molar refractivity (Wildman–Crippen MR) is 67.9 cm³/mol. The van der Waals surface area contributed by atoms with Crippen LogP contribution in [0.2, 0.25) is 0 Å². The van der Waals surface area contributed by atoms with Crippen LogP contribution < -0.4 is 0 Å². The van der Waals surface area contributed by atoms with Gasteiger partial charge in [0.1, 0.15) is 6.29 Å². The second kappa shape index (κ2) is 5.39. The third-order valence-electron chi connectivity index (χ3n) is 2.91. The van der Waals surface area contributed by atoms with Crippen LogP contribution >= 0.6 is 0 Å². The lowest BCUT2D eigenvalue weighted by atomic mass is 9.92. The Bertz CT molecular complexity index is 493. The third kappa shape index (κ3) is 2.78. The molecule has 0 amide bonds. The van der Waals surface area contributed by atoms with Crippen molar-refractivity contribution in [2.24, 2.45) is 0 Å². The van der Waals surface area contributed by atoms with E-state index in [0.717, 1.165) is 23.1 Å². The highest BCUT2D eigenvalue weighted by Crippen LogP contribution is 2.21. The van der Waals surface area contributed by atoms with Crippen LogP contribution in [0, 0.1) is 6.92 Å². The van der Waals surface area contributed by atoms with Gasteiger partial charge in [0, 0.05) is 24.2 Å². The average Bonchev–Trinajstić information content (AvgIpc) is 2.38. The Morgan fingerprint density at radius 3 is 2.59 bits per heavy atom. The van der Waals surface area contributed by atoms with Crippen molar-refractivity contribution in [3.8, 4) is 0 Å². The van der Waals surface area contributed by atoms with Crippen LogP contribution in [0.1, 0.15) is 22.7 Å². The molecule has 2 rings (SSSR count). The number of rotatable bonds is 4. The molecular weight excluding hydrogens is 210 g/mol. The van der Waals surface area contributed by atoms with Crippen LogP contribution in [0.4, 0.5) is 0 Å². The van der Waals surface area contributed by atoms with Crippen LogP contribution in [0.3, 0.4) is 0 Å². The number of nitrogens with zero attached hydrogens (tertiary/aromatic N) is 1. The number of aldehydes is 1. The highest BCUT2D eigenvalue weighted by Gasteiger charge is 2.13. The van der Waals surface area contributed by atoms with Crippen LogP contribution in [0.15, 0.2) is 48.7 Å². The quantitative estimate of drug-likeness (QED) is 0.749. The van der Waals surface area contributed by atoms with Gasteiger partial charge in [-0.1, -0.05) is 30.3 Å². The Balaban J connectivity index is 2.24. The zero-order valence-electron chi connectivity index (χ0n) is 9.84. The summed E-state index contributed by atoms with van der Waals surface area (Å²) in [6.07, 6.45) is 3.43. The second-order valence-electron chi connectivity index (χ2n) is 4.12. The minimum absolute atomic E-state index is 0.105. The highest BCUT2D eigenvalue weighted by atomic mass is 16.1. The molecule has 1 heterocycles. The topological polar surface area (TPSA) is 30.0 Å². The minimum atomic E-state index is -0.105. The minimum Gasteiger partial charge on any atom is -0.303 e.